The van der Waals surface area contributed by atoms with Crippen LogP contribution in [0.15, 0.2) is 16.5 Å². The molecule has 8 heteroatoms. The van der Waals surface area contributed by atoms with Crippen LogP contribution in [0.4, 0.5) is 18.9 Å². The van der Waals surface area contributed by atoms with Crippen LogP contribution in [0, 0.1) is 0 Å². The zero-order valence-electron chi connectivity index (χ0n) is 10.4. The maximum Gasteiger partial charge on any atom is 0.471 e. The van der Waals surface area contributed by atoms with Crippen LogP contribution in [0.25, 0.3) is 11.1 Å². The van der Waals surface area contributed by atoms with Gasteiger partial charge in [-0.1, -0.05) is 6.92 Å². The molecule has 0 aliphatic heterocycles. The van der Waals surface area contributed by atoms with Gasteiger partial charge in [0.05, 0.1) is 0 Å². The van der Waals surface area contributed by atoms with Gasteiger partial charge in [-0.25, -0.2) is 4.98 Å². The Balaban J connectivity index is 2.46. The summed E-state index contributed by atoms with van der Waals surface area (Å²) in [5.74, 6) is -1.98. The van der Waals surface area contributed by atoms with Crippen LogP contribution in [0.1, 0.15) is 18.4 Å². The first-order chi connectivity index (χ1) is 9.36. The average Bonchev–Trinajstić information content (AvgIpc) is 2.80. The number of aliphatic hydroxyl groups is 1. The molecule has 20 heavy (non-hydrogen) atoms. The lowest BCUT2D eigenvalue weighted by Gasteiger charge is -2.11. The summed E-state index contributed by atoms with van der Waals surface area (Å²) in [6.07, 6.45) is -4.61. The van der Waals surface area contributed by atoms with E-state index < -0.39 is 18.7 Å². The van der Waals surface area contributed by atoms with Crippen molar-refractivity contribution in [3.05, 3.63) is 23.6 Å². The molecule has 0 aliphatic rings. The smallest absolute Gasteiger partial charge is 0.438 e. The molecular formula is C12H11F3N2O3. The predicted octanol–water partition coefficient (Wildman–Crippen LogP) is 2.38. The number of benzene rings is 1. The van der Waals surface area contributed by atoms with E-state index in [0.29, 0.717) is 23.1 Å². The molecule has 0 bridgehead atoms. The topological polar surface area (TPSA) is 75.4 Å². The second kappa shape index (κ2) is 5.12. The monoisotopic (exact) mass is 288 g/mol. The Hall–Kier alpha value is -2.09. The van der Waals surface area contributed by atoms with Crippen molar-refractivity contribution in [2.45, 2.75) is 26.1 Å². The average molecular weight is 288 g/mol. The Morgan fingerprint density at radius 2 is 2.15 bits per heavy atom. The standard InChI is InChI=1S/C12H11F3N2O3/c1-2-6-7(16-11(19)12(13,14)15)3-4-8-10(6)17-9(5-18)20-8/h3-4,18H,2,5H2,1H3,(H,16,19). The molecule has 1 aromatic heterocycles. The maximum atomic E-state index is 12.3. The van der Waals surface area contributed by atoms with Crippen LogP contribution >= 0.6 is 0 Å². The fourth-order valence-electron chi connectivity index (χ4n) is 1.83. The van der Waals surface area contributed by atoms with E-state index >= 15 is 0 Å². The molecule has 0 atom stereocenters. The van der Waals surface area contributed by atoms with E-state index in [1.54, 1.807) is 6.92 Å². The number of carbonyl (C=O) groups is 1. The number of rotatable bonds is 3. The molecule has 1 heterocycles. The van der Waals surface area contributed by atoms with Crippen LogP contribution < -0.4 is 5.32 Å². The molecule has 0 fully saturated rings. The lowest BCUT2D eigenvalue weighted by Crippen LogP contribution is -2.30. The molecule has 0 radical (unpaired) electrons. The molecule has 2 rings (SSSR count). The van der Waals surface area contributed by atoms with E-state index in [0.717, 1.165) is 0 Å². The van der Waals surface area contributed by atoms with Gasteiger partial charge in [0.25, 0.3) is 0 Å². The fourth-order valence-corrected chi connectivity index (χ4v) is 1.83. The highest BCUT2D eigenvalue weighted by atomic mass is 19.4. The fraction of sp³-hybridized carbons (Fsp3) is 0.333. The number of hydrogen-bond acceptors (Lipinski definition) is 4. The third-order valence-electron chi connectivity index (χ3n) is 2.70. The second-order valence-electron chi connectivity index (χ2n) is 4.01. The van der Waals surface area contributed by atoms with Crippen molar-refractivity contribution < 1.29 is 27.5 Å². The highest BCUT2D eigenvalue weighted by Gasteiger charge is 2.39. The number of aliphatic hydroxyl groups excluding tert-OH is 1. The number of carbonyl (C=O) groups excluding carboxylic acids is 1. The number of aryl methyl sites for hydroxylation is 1. The van der Waals surface area contributed by atoms with Crippen molar-refractivity contribution in [2.75, 3.05) is 5.32 Å². The number of anilines is 1. The number of nitrogens with one attached hydrogen (secondary N) is 1. The highest BCUT2D eigenvalue weighted by molar-refractivity contribution is 5.98. The van der Waals surface area contributed by atoms with Gasteiger partial charge in [0.1, 0.15) is 12.1 Å². The normalized spacial score (nSPS) is 11.8. The van der Waals surface area contributed by atoms with Gasteiger partial charge in [-0.05, 0) is 18.6 Å². The third kappa shape index (κ3) is 2.60. The zero-order chi connectivity index (χ0) is 14.9. The van der Waals surface area contributed by atoms with Gasteiger partial charge in [0.2, 0.25) is 5.89 Å². The SMILES string of the molecule is CCc1c(NC(=O)C(F)(F)F)ccc2oc(CO)nc12. The maximum absolute atomic E-state index is 12.3. The molecule has 1 amide bonds. The number of aromatic nitrogens is 1. The van der Waals surface area contributed by atoms with Crippen LogP contribution in [0.3, 0.4) is 0 Å². The quantitative estimate of drug-likeness (QED) is 0.909. The Labute approximate surface area is 111 Å². The summed E-state index contributed by atoms with van der Waals surface area (Å²) < 4.78 is 42.0. The van der Waals surface area contributed by atoms with Crippen LogP contribution in [0.2, 0.25) is 0 Å². The van der Waals surface area contributed by atoms with Gasteiger partial charge in [-0.15, -0.1) is 0 Å². The van der Waals surface area contributed by atoms with E-state index in [2.05, 4.69) is 4.98 Å². The molecule has 1 aromatic carbocycles. The first-order valence-corrected chi connectivity index (χ1v) is 5.77. The molecule has 0 saturated carbocycles. The molecule has 0 unspecified atom stereocenters. The minimum atomic E-state index is -4.96. The van der Waals surface area contributed by atoms with Crippen molar-refractivity contribution in [2.24, 2.45) is 0 Å². The van der Waals surface area contributed by atoms with Crippen molar-refractivity contribution in [1.29, 1.82) is 0 Å². The summed E-state index contributed by atoms with van der Waals surface area (Å²) >= 11 is 0. The number of fused-ring (bicyclic) bond motifs is 1. The van der Waals surface area contributed by atoms with E-state index in [1.165, 1.54) is 12.1 Å². The third-order valence-corrected chi connectivity index (χ3v) is 2.70. The lowest BCUT2D eigenvalue weighted by molar-refractivity contribution is -0.167. The van der Waals surface area contributed by atoms with Gasteiger partial charge in [-0.2, -0.15) is 13.2 Å². The second-order valence-corrected chi connectivity index (χ2v) is 4.01. The van der Waals surface area contributed by atoms with E-state index in [4.69, 9.17) is 9.52 Å². The molecule has 0 saturated heterocycles. The zero-order valence-corrected chi connectivity index (χ0v) is 10.4. The first kappa shape index (κ1) is 14.3. The summed E-state index contributed by atoms with van der Waals surface area (Å²) in [5.41, 5.74) is 1.12. The predicted molar refractivity (Wildman–Crippen MR) is 64.0 cm³/mol. The van der Waals surface area contributed by atoms with Gasteiger partial charge >= 0.3 is 12.1 Å². The molecule has 2 aromatic rings. The molecular weight excluding hydrogens is 277 g/mol. The molecule has 108 valence electrons. The van der Waals surface area contributed by atoms with Crippen molar-refractivity contribution in [3.8, 4) is 0 Å². The number of nitrogens with zero attached hydrogens (tertiary/aromatic N) is 1. The van der Waals surface area contributed by atoms with E-state index in [1.807, 2.05) is 5.32 Å². The molecule has 2 N–H and O–H groups in total. The largest absolute Gasteiger partial charge is 0.471 e. The van der Waals surface area contributed by atoms with E-state index in [-0.39, 0.29) is 11.6 Å². The Bertz CT molecular complexity index is 649. The Kier molecular flexibility index (Phi) is 3.67. The van der Waals surface area contributed by atoms with Crippen molar-refractivity contribution in [1.82, 2.24) is 4.98 Å². The summed E-state index contributed by atoms with van der Waals surface area (Å²) in [6.45, 7) is 1.30. The lowest BCUT2D eigenvalue weighted by atomic mass is 10.1. The van der Waals surface area contributed by atoms with Gasteiger partial charge in [0.15, 0.2) is 5.58 Å². The Morgan fingerprint density at radius 3 is 2.70 bits per heavy atom. The highest BCUT2D eigenvalue weighted by Crippen LogP contribution is 2.28. The number of halogens is 3. The number of alkyl halides is 3. The van der Waals surface area contributed by atoms with Crippen molar-refractivity contribution >= 4 is 22.7 Å². The van der Waals surface area contributed by atoms with Gasteiger partial charge < -0.3 is 14.8 Å². The minimum absolute atomic E-state index is 0.0279. The summed E-state index contributed by atoms with van der Waals surface area (Å²) in [5, 5.41) is 10.8. The summed E-state index contributed by atoms with van der Waals surface area (Å²) in [7, 11) is 0. The number of amides is 1. The number of hydrogen-bond donors (Lipinski definition) is 2. The first-order valence-electron chi connectivity index (χ1n) is 5.77. The molecule has 5 nitrogen and oxygen atoms in total. The van der Waals surface area contributed by atoms with Crippen LogP contribution in [-0.2, 0) is 17.8 Å². The number of oxazole rings is 1. The van der Waals surface area contributed by atoms with Crippen LogP contribution in [-0.4, -0.2) is 22.2 Å². The molecule has 0 aliphatic carbocycles. The summed E-state index contributed by atoms with van der Waals surface area (Å²) in [6, 6.07) is 2.71. The summed E-state index contributed by atoms with van der Waals surface area (Å²) in [4.78, 5) is 15.0. The Morgan fingerprint density at radius 1 is 1.45 bits per heavy atom. The van der Waals surface area contributed by atoms with Gasteiger partial charge in [-0.3, -0.25) is 4.79 Å². The molecule has 0 spiro atoms. The van der Waals surface area contributed by atoms with Gasteiger partial charge in [0, 0.05) is 11.3 Å². The minimum Gasteiger partial charge on any atom is -0.438 e. The van der Waals surface area contributed by atoms with E-state index in [9.17, 15) is 18.0 Å². The van der Waals surface area contributed by atoms with Crippen molar-refractivity contribution in [3.63, 3.8) is 0 Å². The van der Waals surface area contributed by atoms with Crippen LogP contribution in [0.5, 0.6) is 0 Å².